The summed E-state index contributed by atoms with van der Waals surface area (Å²) in [5.41, 5.74) is 3.98. The van der Waals surface area contributed by atoms with Crippen molar-refractivity contribution in [3.05, 3.63) is 78.1 Å². The summed E-state index contributed by atoms with van der Waals surface area (Å²) in [6.45, 7) is 4.08. The van der Waals surface area contributed by atoms with Gasteiger partial charge in [0.15, 0.2) is 0 Å². The van der Waals surface area contributed by atoms with Gasteiger partial charge in [-0.3, -0.25) is 0 Å². The highest BCUT2D eigenvalue weighted by atomic mass is 19.1. The molecule has 1 unspecified atom stereocenters. The first-order valence-corrected chi connectivity index (χ1v) is 11.0. The molecule has 1 saturated heterocycles. The van der Waals surface area contributed by atoms with Crippen LogP contribution in [0.4, 0.5) is 10.1 Å². The smallest absolute Gasteiger partial charge is 0.141 e. The molecule has 4 aromatic rings. The zero-order valence-electron chi connectivity index (χ0n) is 17.9. The van der Waals surface area contributed by atoms with Crippen molar-refractivity contribution in [1.82, 2.24) is 20.3 Å². The van der Waals surface area contributed by atoms with Crippen molar-refractivity contribution in [3.63, 3.8) is 0 Å². The maximum Gasteiger partial charge on any atom is 0.141 e. The minimum atomic E-state index is -0.284. The summed E-state index contributed by atoms with van der Waals surface area (Å²) in [6.07, 6.45) is 5.76. The number of nitrogens with one attached hydrogen (secondary N) is 3. The van der Waals surface area contributed by atoms with E-state index in [4.69, 9.17) is 9.72 Å². The van der Waals surface area contributed by atoms with Gasteiger partial charge in [0, 0.05) is 23.3 Å². The van der Waals surface area contributed by atoms with Gasteiger partial charge in [-0.25, -0.2) is 14.4 Å². The number of ether oxygens (including phenoxy) is 1. The van der Waals surface area contributed by atoms with E-state index in [1.165, 1.54) is 12.1 Å². The van der Waals surface area contributed by atoms with E-state index in [0.29, 0.717) is 17.4 Å². The molecule has 7 heteroatoms. The molecule has 0 radical (unpaired) electrons. The lowest BCUT2D eigenvalue weighted by molar-refractivity contribution is 0.333. The Morgan fingerprint density at radius 3 is 2.69 bits per heavy atom. The largest absolute Gasteiger partial charge is 0.457 e. The first-order chi connectivity index (χ1) is 15.7. The Bertz CT molecular complexity index is 1200. The van der Waals surface area contributed by atoms with Crippen molar-refractivity contribution in [1.29, 1.82) is 0 Å². The summed E-state index contributed by atoms with van der Waals surface area (Å²) in [7, 11) is 0. The monoisotopic (exact) mass is 431 g/mol. The van der Waals surface area contributed by atoms with Crippen LogP contribution >= 0.6 is 0 Å². The van der Waals surface area contributed by atoms with Gasteiger partial charge in [-0.05, 0) is 80.7 Å². The minimum absolute atomic E-state index is 0.0400. The molecule has 5 rings (SSSR count). The van der Waals surface area contributed by atoms with E-state index in [2.05, 4.69) is 27.5 Å². The number of aryl methyl sites for hydroxylation is 1. The van der Waals surface area contributed by atoms with E-state index >= 15 is 0 Å². The van der Waals surface area contributed by atoms with Gasteiger partial charge in [-0.2, -0.15) is 0 Å². The lowest BCUT2D eigenvalue weighted by atomic mass is 9.86. The van der Waals surface area contributed by atoms with Crippen molar-refractivity contribution < 1.29 is 9.13 Å². The molecule has 0 aliphatic carbocycles. The Hall–Kier alpha value is -3.45. The summed E-state index contributed by atoms with van der Waals surface area (Å²) in [4.78, 5) is 12.4. The highest BCUT2D eigenvalue weighted by molar-refractivity contribution is 5.82. The maximum atomic E-state index is 13.2. The third kappa shape index (κ3) is 4.29. The van der Waals surface area contributed by atoms with Crippen LogP contribution in [0.2, 0.25) is 0 Å². The number of halogens is 1. The normalized spacial score (nSPS) is 15.6. The molecule has 164 valence electrons. The lowest BCUT2D eigenvalue weighted by Gasteiger charge is -2.32. The third-order valence-electron chi connectivity index (χ3n) is 6.05. The topological polar surface area (TPSA) is 74.9 Å². The van der Waals surface area contributed by atoms with E-state index in [0.717, 1.165) is 53.9 Å². The average Bonchev–Trinajstić information content (AvgIpc) is 3.21. The van der Waals surface area contributed by atoms with Gasteiger partial charge in [-0.15, -0.1) is 0 Å². The van der Waals surface area contributed by atoms with Crippen molar-refractivity contribution in [2.24, 2.45) is 5.92 Å². The Morgan fingerprint density at radius 1 is 1.06 bits per heavy atom. The van der Waals surface area contributed by atoms with Crippen molar-refractivity contribution >= 4 is 16.7 Å². The van der Waals surface area contributed by atoms with E-state index in [9.17, 15) is 4.39 Å². The molecular weight excluding hydrogens is 405 g/mol. The van der Waals surface area contributed by atoms with Gasteiger partial charge in [0.25, 0.3) is 0 Å². The van der Waals surface area contributed by atoms with E-state index < -0.39 is 0 Å². The van der Waals surface area contributed by atoms with Crippen LogP contribution in [0.15, 0.2) is 61.1 Å². The van der Waals surface area contributed by atoms with Gasteiger partial charge in [0.2, 0.25) is 0 Å². The number of aromatic amines is 1. The van der Waals surface area contributed by atoms with Crippen LogP contribution < -0.4 is 15.4 Å². The fraction of sp³-hybridized carbons (Fsp3) is 0.280. The van der Waals surface area contributed by atoms with Crippen LogP contribution in [0.3, 0.4) is 0 Å². The predicted molar refractivity (Wildman–Crippen MR) is 123 cm³/mol. The number of H-pyrrole nitrogens is 1. The number of nitrogens with zero attached hydrogens (tertiary/aromatic N) is 2. The van der Waals surface area contributed by atoms with Gasteiger partial charge < -0.3 is 20.4 Å². The van der Waals surface area contributed by atoms with Crippen LogP contribution in [0.1, 0.15) is 30.1 Å². The summed E-state index contributed by atoms with van der Waals surface area (Å²) in [5, 5.41) is 8.28. The Labute approximate surface area is 186 Å². The standard InChI is InChI=1S/C25H26FN5O/c1-16-14-28-25-22(16)24(29-15-30-25)23(17-9-11-27-12-10-17)31-19-3-2-4-21(13-19)32-20-7-5-18(26)6-8-20/h2-8,13-15,17,23,27,31H,9-12H2,1H3,(H,28,29,30). The molecule has 1 atom stereocenters. The molecule has 0 amide bonds. The Kier molecular flexibility index (Phi) is 5.73. The molecule has 0 bridgehead atoms. The Balaban J connectivity index is 1.46. The number of benzene rings is 2. The number of piperidine rings is 1. The maximum absolute atomic E-state index is 13.2. The van der Waals surface area contributed by atoms with Crippen molar-refractivity contribution in [2.75, 3.05) is 18.4 Å². The van der Waals surface area contributed by atoms with Gasteiger partial charge in [-0.1, -0.05) is 6.07 Å². The molecule has 0 spiro atoms. The van der Waals surface area contributed by atoms with Crippen molar-refractivity contribution in [2.45, 2.75) is 25.8 Å². The lowest BCUT2D eigenvalue weighted by Crippen LogP contribution is -2.34. The summed E-state index contributed by atoms with van der Waals surface area (Å²) in [6, 6.07) is 13.9. The molecular formula is C25H26FN5O. The van der Waals surface area contributed by atoms with Gasteiger partial charge >= 0.3 is 0 Å². The Morgan fingerprint density at radius 2 is 1.88 bits per heavy atom. The highest BCUT2D eigenvalue weighted by Gasteiger charge is 2.28. The molecule has 2 aromatic carbocycles. The van der Waals surface area contributed by atoms with Crippen LogP contribution in [-0.4, -0.2) is 28.0 Å². The number of fused-ring (bicyclic) bond motifs is 1. The SMILES string of the molecule is Cc1c[nH]c2ncnc(C(Nc3cccc(Oc4ccc(F)cc4)c3)C3CCNCC3)c12. The minimum Gasteiger partial charge on any atom is -0.457 e. The second kappa shape index (κ2) is 8.96. The molecule has 32 heavy (non-hydrogen) atoms. The summed E-state index contributed by atoms with van der Waals surface area (Å²) in [5.74, 6) is 1.44. The zero-order valence-corrected chi connectivity index (χ0v) is 17.9. The van der Waals surface area contributed by atoms with Crippen molar-refractivity contribution in [3.8, 4) is 11.5 Å². The molecule has 6 nitrogen and oxygen atoms in total. The fourth-order valence-corrected chi connectivity index (χ4v) is 4.44. The first kappa shape index (κ1) is 20.5. The highest BCUT2D eigenvalue weighted by Crippen LogP contribution is 2.36. The molecule has 1 aliphatic rings. The predicted octanol–water partition coefficient (Wildman–Crippen LogP) is 5.35. The van der Waals surface area contributed by atoms with E-state index in [-0.39, 0.29) is 11.9 Å². The van der Waals surface area contributed by atoms with Crippen LogP contribution in [0.5, 0.6) is 11.5 Å². The van der Waals surface area contributed by atoms with Crippen LogP contribution in [0.25, 0.3) is 11.0 Å². The molecule has 3 heterocycles. The van der Waals surface area contributed by atoms with Crippen LogP contribution in [0, 0.1) is 18.7 Å². The van der Waals surface area contributed by atoms with Gasteiger partial charge in [0.1, 0.15) is 29.3 Å². The summed E-state index contributed by atoms with van der Waals surface area (Å²) >= 11 is 0. The number of hydrogen-bond donors (Lipinski definition) is 3. The molecule has 0 saturated carbocycles. The number of hydrogen-bond acceptors (Lipinski definition) is 5. The first-order valence-electron chi connectivity index (χ1n) is 11.0. The number of rotatable bonds is 6. The number of aromatic nitrogens is 3. The number of anilines is 1. The second-order valence-corrected chi connectivity index (χ2v) is 8.25. The average molecular weight is 432 g/mol. The van der Waals surface area contributed by atoms with E-state index in [1.807, 2.05) is 30.5 Å². The zero-order chi connectivity index (χ0) is 21.9. The third-order valence-corrected chi connectivity index (χ3v) is 6.05. The summed E-state index contributed by atoms with van der Waals surface area (Å²) < 4.78 is 19.1. The molecule has 1 fully saturated rings. The van der Waals surface area contributed by atoms with Crippen LogP contribution in [-0.2, 0) is 0 Å². The second-order valence-electron chi connectivity index (χ2n) is 8.25. The van der Waals surface area contributed by atoms with Gasteiger partial charge in [0.05, 0.1) is 11.7 Å². The molecule has 3 N–H and O–H groups in total. The van der Waals surface area contributed by atoms with E-state index in [1.54, 1.807) is 18.5 Å². The fourth-order valence-electron chi connectivity index (χ4n) is 4.44. The molecule has 1 aliphatic heterocycles. The molecule has 2 aromatic heterocycles. The quantitative estimate of drug-likeness (QED) is 0.384.